The maximum atomic E-state index is 12.8. The number of carboxylic acid groups (broad SMARTS) is 1. The second-order valence-electron chi connectivity index (χ2n) is 6.63. The van der Waals surface area contributed by atoms with Gasteiger partial charge in [-0.25, -0.2) is 9.78 Å². The number of rotatable bonds is 8. The zero-order valence-corrected chi connectivity index (χ0v) is 17.0. The van der Waals surface area contributed by atoms with E-state index in [0.717, 1.165) is 17.1 Å². The van der Waals surface area contributed by atoms with E-state index in [2.05, 4.69) is 16.4 Å². The summed E-state index contributed by atoms with van der Waals surface area (Å²) in [6, 6.07) is 0.176. The van der Waals surface area contributed by atoms with Crippen molar-refractivity contribution in [1.29, 1.82) is 0 Å². The maximum Gasteiger partial charge on any atom is 0.324 e. The van der Waals surface area contributed by atoms with Crippen LogP contribution in [0, 0.1) is 0 Å². The molecule has 1 heterocycles. The molecule has 0 aliphatic heterocycles. The second kappa shape index (κ2) is 10.6. The summed E-state index contributed by atoms with van der Waals surface area (Å²) in [4.78, 5) is 29.6. The van der Waals surface area contributed by atoms with Gasteiger partial charge < -0.3 is 10.0 Å². The van der Waals surface area contributed by atoms with Crippen molar-refractivity contribution in [3.05, 3.63) is 17.8 Å². The van der Waals surface area contributed by atoms with E-state index in [1.807, 2.05) is 18.7 Å². The molecule has 0 atom stereocenters. The van der Waals surface area contributed by atoms with Gasteiger partial charge in [0.1, 0.15) is 0 Å². The summed E-state index contributed by atoms with van der Waals surface area (Å²) in [5, 5.41) is 12.2. The minimum Gasteiger partial charge on any atom is -0.481 e. The van der Waals surface area contributed by atoms with Gasteiger partial charge in [0.15, 0.2) is 5.13 Å². The molecular weight excluding hydrogens is 370 g/mol. The van der Waals surface area contributed by atoms with Crippen LogP contribution in [0.1, 0.15) is 52.4 Å². The highest BCUT2D eigenvalue weighted by Gasteiger charge is 2.25. The van der Waals surface area contributed by atoms with E-state index in [-0.39, 0.29) is 18.5 Å². The fourth-order valence-electron chi connectivity index (χ4n) is 2.86. The van der Waals surface area contributed by atoms with E-state index in [4.69, 9.17) is 5.11 Å². The number of hydrogen-bond donors (Lipinski definition) is 2. The van der Waals surface area contributed by atoms with Gasteiger partial charge in [-0.15, -0.1) is 11.8 Å². The quantitative estimate of drug-likeness (QED) is 0.484. The fraction of sp³-hybridized carbons (Fsp3) is 0.611. The number of nitrogens with zero attached hydrogens (tertiary/aromatic N) is 2. The molecule has 1 saturated carbocycles. The van der Waals surface area contributed by atoms with Crippen LogP contribution in [0.15, 0.2) is 22.1 Å². The highest BCUT2D eigenvalue weighted by atomic mass is 32.2. The van der Waals surface area contributed by atoms with Gasteiger partial charge in [0.25, 0.3) is 0 Å². The number of nitrogens with one attached hydrogen (secondary N) is 1. The fourth-order valence-corrected chi connectivity index (χ4v) is 4.72. The van der Waals surface area contributed by atoms with Crippen LogP contribution in [-0.2, 0) is 4.79 Å². The molecule has 26 heavy (non-hydrogen) atoms. The molecule has 0 spiro atoms. The summed E-state index contributed by atoms with van der Waals surface area (Å²) in [5.74, 6) is -0.308. The lowest BCUT2D eigenvalue weighted by Gasteiger charge is -2.33. The number of allylic oxidation sites excluding steroid dienone is 1. The molecule has 0 aromatic carbocycles. The van der Waals surface area contributed by atoms with Crippen LogP contribution in [0.3, 0.4) is 0 Å². The number of carbonyl (C=O) groups is 2. The topological polar surface area (TPSA) is 82.5 Å². The summed E-state index contributed by atoms with van der Waals surface area (Å²) in [6.07, 6.45) is 9.59. The summed E-state index contributed by atoms with van der Waals surface area (Å²) < 4.78 is 0.912. The lowest BCUT2D eigenvalue weighted by molar-refractivity contribution is -0.136. The Bertz CT molecular complexity index is 635. The molecule has 1 aliphatic rings. The zero-order valence-electron chi connectivity index (χ0n) is 15.4. The predicted molar refractivity (Wildman–Crippen MR) is 107 cm³/mol. The van der Waals surface area contributed by atoms with Crippen molar-refractivity contribution in [2.24, 2.45) is 0 Å². The van der Waals surface area contributed by atoms with E-state index < -0.39 is 5.97 Å². The molecule has 1 aromatic heterocycles. The number of carbonyl (C=O) groups excluding carboxylic acids is 1. The lowest BCUT2D eigenvalue weighted by Crippen LogP contribution is -2.44. The zero-order chi connectivity index (χ0) is 18.9. The van der Waals surface area contributed by atoms with E-state index in [1.54, 1.807) is 6.20 Å². The normalized spacial score (nSPS) is 14.7. The van der Waals surface area contributed by atoms with Crippen LogP contribution in [0.5, 0.6) is 0 Å². The lowest BCUT2D eigenvalue weighted by atomic mass is 9.94. The number of hydrogen-bond acceptors (Lipinski definition) is 5. The Balaban J connectivity index is 1.96. The first kappa shape index (κ1) is 20.8. The van der Waals surface area contributed by atoms with Crippen LogP contribution in [0.4, 0.5) is 9.93 Å². The minimum atomic E-state index is -0.807. The van der Waals surface area contributed by atoms with Gasteiger partial charge in [-0.2, -0.15) is 0 Å². The third kappa shape index (κ3) is 6.99. The molecule has 144 valence electrons. The molecular formula is C18H27N3O3S2. The predicted octanol–water partition coefficient (Wildman–Crippen LogP) is 4.84. The smallest absolute Gasteiger partial charge is 0.324 e. The van der Waals surface area contributed by atoms with Gasteiger partial charge in [0.05, 0.1) is 16.8 Å². The Morgan fingerprint density at radius 2 is 2.12 bits per heavy atom. The summed E-state index contributed by atoms with van der Waals surface area (Å²) >= 11 is 2.83. The van der Waals surface area contributed by atoms with Crippen molar-refractivity contribution in [3.8, 4) is 0 Å². The van der Waals surface area contributed by atoms with Gasteiger partial charge in [-0.1, -0.05) is 42.2 Å². The van der Waals surface area contributed by atoms with Crippen LogP contribution < -0.4 is 5.32 Å². The molecule has 2 rings (SSSR count). The van der Waals surface area contributed by atoms with Crippen LogP contribution in [0.2, 0.25) is 0 Å². The van der Waals surface area contributed by atoms with E-state index in [0.29, 0.717) is 17.4 Å². The molecule has 8 heteroatoms. The molecule has 0 unspecified atom stereocenters. The first-order valence-corrected chi connectivity index (χ1v) is 10.8. The Hall–Kier alpha value is -1.54. The maximum absolute atomic E-state index is 12.8. The van der Waals surface area contributed by atoms with Crippen molar-refractivity contribution in [2.45, 2.75) is 62.6 Å². The Kier molecular flexibility index (Phi) is 8.44. The standard InChI is InChI=1S/C18H27N3O3S2/c1-13(2)8-10-21(14-6-4-3-5-7-14)18(24)20-17-19-12-16(26-17)25-11-9-15(22)23/h8,12,14H,3-7,9-11H2,1-2H3,(H,22,23)(H,19,20,24). The summed E-state index contributed by atoms with van der Waals surface area (Å²) in [6.45, 7) is 4.70. The largest absolute Gasteiger partial charge is 0.481 e. The van der Waals surface area contributed by atoms with Gasteiger partial charge in [0, 0.05) is 18.3 Å². The van der Waals surface area contributed by atoms with E-state index in [9.17, 15) is 9.59 Å². The molecule has 6 nitrogen and oxygen atoms in total. The highest BCUT2D eigenvalue weighted by Crippen LogP contribution is 2.29. The first-order chi connectivity index (χ1) is 12.5. The van der Waals surface area contributed by atoms with Gasteiger partial charge in [-0.3, -0.25) is 10.1 Å². The number of aliphatic carboxylic acids is 1. The van der Waals surface area contributed by atoms with Crippen LogP contribution in [-0.4, -0.2) is 45.3 Å². The number of carboxylic acids is 1. The first-order valence-electron chi connectivity index (χ1n) is 8.97. The van der Waals surface area contributed by atoms with Crippen LogP contribution >= 0.6 is 23.1 Å². The van der Waals surface area contributed by atoms with Crippen LogP contribution in [0.25, 0.3) is 0 Å². The molecule has 2 N–H and O–H groups in total. The third-order valence-electron chi connectivity index (χ3n) is 4.23. The summed E-state index contributed by atoms with van der Waals surface area (Å²) in [5.41, 5.74) is 1.20. The molecule has 0 radical (unpaired) electrons. The minimum absolute atomic E-state index is 0.106. The SMILES string of the molecule is CC(C)=CCN(C(=O)Nc1ncc(SCCC(=O)O)s1)C1CCCCC1. The molecule has 0 saturated heterocycles. The number of aromatic nitrogens is 1. The van der Waals surface area contributed by atoms with Gasteiger partial charge >= 0.3 is 12.0 Å². The molecule has 1 aromatic rings. The van der Waals surface area contributed by atoms with Gasteiger partial charge in [-0.05, 0) is 26.7 Å². The van der Waals surface area contributed by atoms with Crippen molar-refractivity contribution in [1.82, 2.24) is 9.88 Å². The molecule has 1 fully saturated rings. The molecule has 0 bridgehead atoms. The van der Waals surface area contributed by atoms with Gasteiger partial charge in [0.2, 0.25) is 0 Å². The van der Waals surface area contributed by atoms with E-state index >= 15 is 0 Å². The number of amides is 2. The van der Waals surface area contributed by atoms with E-state index in [1.165, 1.54) is 47.9 Å². The molecule has 1 aliphatic carbocycles. The number of urea groups is 1. The average molecular weight is 398 g/mol. The summed E-state index contributed by atoms with van der Waals surface area (Å²) in [7, 11) is 0. The van der Waals surface area contributed by atoms with Crippen molar-refractivity contribution >= 4 is 40.2 Å². The number of thiazole rings is 1. The van der Waals surface area contributed by atoms with Crippen molar-refractivity contribution in [2.75, 3.05) is 17.6 Å². The molecule has 2 amide bonds. The average Bonchev–Trinajstić information content (AvgIpc) is 3.02. The van der Waals surface area contributed by atoms with Crippen molar-refractivity contribution < 1.29 is 14.7 Å². The number of thioether (sulfide) groups is 1. The highest BCUT2D eigenvalue weighted by molar-refractivity contribution is 8.01. The monoisotopic (exact) mass is 397 g/mol. The Morgan fingerprint density at radius 1 is 1.38 bits per heavy atom. The third-order valence-corrected chi connectivity index (χ3v) is 6.34. The number of anilines is 1. The van der Waals surface area contributed by atoms with Crippen molar-refractivity contribution in [3.63, 3.8) is 0 Å². The Morgan fingerprint density at radius 3 is 2.77 bits per heavy atom. The Labute approximate surface area is 163 Å². The second-order valence-corrected chi connectivity index (χ2v) is 9.06.